The smallest absolute Gasteiger partial charge is 0.257 e. The molecular formula is C45H36Br2Cl4F2N10O5. The van der Waals surface area contributed by atoms with Gasteiger partial charge in [-0.3, -0.25) is 9.79 Å². The quantitative estimate of drug-likeness (QED) is 0.0673. The number of hydrogen-bond acceptors (Lipinski definition) is 14. The lowest BCUT2D eigenvalue weighted by molar-refractivity contribution is 0.0393. The first kappa shape index (κ1) is 49.2. The number of aryl methyl sites for hydroxylation is 1. The molecule has 2 aromatic heterocycles. The summed E-state index contributed by atoms with van der Waals surface area (Å²) in [6, 6.07) is 13.4. The molecule has 68 heavy (non-hydrogen) atoms. The second-order valence-corrected chi connectivity index (χ2v) is 18.5. The highest BCUT2D eigenvalue weighted by Crippen LogP contribution is 2.46. The first-order valence-electron chi connectivity index (χ1n) is 20.5. The number of nitrogens with one attached hydrogen (secondary N) is 2. The Kier molecular flexibility index (Phi) is 15.6. The minimum Gasteiger partial charge on any atom is -0.506 e. The van der Waals surface area contributed by atoms with E-state index in [9.17, 15) is 19.4 Å². The third kappa shape index (κ3) is 10.8. The number of amides is 1. The average molecular weight is 1140 g/mol. The van der Waals surface area contributed by atoms with E-state index in [4.69, 9.17) is 55.9 Å². The third-order valence-corrected chi connectivity index (χ3v) is 13.3. The van der Waals surface area contributed by atoms with E-state index in [1.54, 1.807) is 40.1 Å². The van der Waals surface area contributed by atoms with Crippen molar-refractivity contribution < 1.29 is 33.3 Å². The van der Waals surface area contributed by atoms with Crippen LogP contribution in [0, 0.1) is 18.6 Å². The molecule has 4 heterocycles. The van der Waals surface area contributed by atoms with E-state index in [-0.39, 0.29) is 85.2 Å². The number of phenolic OH excluding ortho intramolecular Hbond substituents is 2. The number of halogens is 8. The number of morpholine rings is 2. The lowest BCUT2D eigenvalue weighted by Crippen LogP contribution is -2.39. The minimum absolute atomic E-state index is 0.0352. The molecule has 4 N–H and O–H groups in total. The molecular weight excluding hydrogens is 1100 g/mol. The van der Waals surface area contributed by atoms with E-state index < -0.39 is 29.4 Å². The zero-order chi connectivity index (χ0) is 48.2. The van der Waals surface area contributed by atoms with Crippen LogP contribution in [0.25, 0.3) is 11.1 Å². The molecule has 1 atom stereocenters. The minimum atomic E-state index is -0.679. The van der Waals surface area contributed by atoms with Crippen molar-refractivity contribution in [3.05, 3.63) is 135 Å². The predicted octanol–water partition coefficient (Wildman–Crippen LogP) is 10.8. The lowest BCUT2D eigenvalue weighted by Gasteiger charge is -2.34. The second kappa shape index (κ2) is 21.6. The van der Waals surface area contributed by atoms with Gasteiger partial charge in [0.25, 0.3) is 5.91 Å². The van der Waals surface area contributed by atoms with Crippen molar-refractivity contribution in [2.24, 2.45) is 10.1 Å². The number of aromatic hydroxyl groups is 2. The number of aromatic nitrogens is 4. The van der Waals surface area contributed by atoms with Crippen LogP contribution < -0.4 is 20.5 Å². The van der Waals surface area contributed by atoms with E-state index in [1.807, 2.05) is 19.1 Å². The van der Waals surface area contributed by atoms with Crippen LogP contribution in [0.3, 0.4) is 0 Å². The van der Waals surface area contributed by atoms with Crippen LogP contribution in [-0.2, 0) is 16.0 Å². The molecule has 2 aliphatic rings. The monoisotopic (exact) mass is 1130 g/mol. The maximum absolute atomic E-state index is 15.3. The average Bonchev–Trinajstić information content (AvgIpc) is 3.32. The van der Waals surface area contributed by atoms with Gasteiger partial charge in [-0.05, 0) is 64.3 Å². The number of nitrogens with zero attached hydrogens (tertiary/aromatic N) is 8. The Labute approximate surface area is 424 Å². The summed E-state index contributed by atoms with van der Waals surface area (Å²) in [6.45, 7) is 4.33. The first-order chi connectivity index (χ1) is 32.7. The molecule has 8 rings (SSSR count). The maximum Gasteiger partial charge on any atom is 0.257 e. The molecule has 0 aliphatic carbocycles. The Balaban J connectivity index is 0.937. The van der Waals surface area contributed by atoms with Crippen LogP contribution in [-0.4, -0.2) is 94.5 Å². The van der Waals surface area contributed by atoms with Gasteiger partial charge in [0.2, 0.25) is 5.95 Å². The van der Waals surface area contributed by atoms with E-state index in [0.29, 0.717) is 64.6 Å². The molecule has 2 saturated heterocycles. The van der Waals surface area contributed by atoms with Crippen LogP contribution in [0.15, 0.2) is 80.0 Å². The summed E-state index contributed by atoms with van der Waals surface area (Å²) >= 11 is 33.1. The molecule has 23 heteroatoms. The lowest BCUT2D eigenvalue weighted by atomic mass is 9.98. The molecule has 6 aromatic rings. The second-order valence-electron chi connectivity index (χ2n) is 15.2. The fourth-order valence-corrected chi connectivity index (χ4v) is 10.0. The number of benzene rings is 4. The summed E-state index contributed by atoms with van der Waals surface area (Å²) in [5.74, 6) is -2.25. The van der Waals surface area contributed by atoms with Crippen molar-refractivity contribution in [3.63, 3.8) is 0 Å². The van der Waals surface area contributed by atoms with Crippen molar-refractivity contribution in [3.8, 4) is 22.6 Å². The Morgan fingerprint density at radius 3 is 2.35 bits per heavy atom. The highest BCUT2D eigenvalue weighted by Gasteiger charge is 2.28. The van der Waals surface area contributed by atoms with Gasteiger partial charge < -0.3 is 34.8 Å². The number of phenols is 2. The fourth-order valence-electron chi connectivity index (χ4n) is 7.43. The summed E-state index contributed by atoms with van der Waals surface area (Å²) in [7, 11) is 0. The molecule has 0 bridgehead atoms. The SMILES string of the molecule is Cc1cccc(Cl)c1-c1c(Br)cc(/C=N\Cc2ncc(F)c(N3CCOC(c4ccc(NC(=O)c5c(Br)cc(Cl)c(O)c5/C=N\Nc5ncc(F)c(N6CCOCC6)n5)c(Cl)c4)C3)n2)c(O)c1Cl. The van der Waals surface area contributed by atoms with Gasteiger partial charge >= 0.3 is 0 Å². The summed E-state index contributed by atoms with van der Waals surface area (Å²) < 4.78 is 42.2. The molecule has 0 saturated carbocycles. The highest BCUT2D eigenvalue weighted by molar-refractivity contribution is 9.11. The maximum atomic E-state index is 15.3. The van der Waals surface area contributed by atoms with Gasteiger partial charge in [-0.25, -0.2) is 29.2 Å². The van der Waals surface area contributed by atoms with Gasteiger partial charge in [0.1, 0.15) is 17.6 Å². The number of hydrogen-bond donors (Lipinski definition) is 4. The fraction of sp³-hybridized carbons (Fsp3) is 0.222. The Hall–Kier alpha value is -5.25. The molecule has 15 nitrogen and oxygen atoms in total. The van der Waals surface area contributed by atoms with Crippen molar-refractivity contribution in [2.75, 3.05) is 66.5 Å². The van der Waals surface area contributed by atoms with Gasteiger partial charge in [-0.15, -0.1) is 0 Å². The number of carbonyl (C=O) groups excluding carboxylic acids is 1. The van der Waals surface area contributed by atoms with E-state index in [2.05, 4.69) is 72.6 Å². The number of rotatable bonds is 12. The standard InChI is InChI=1S/C45H36Br2Cl4F2N10O5/c1-22-3-2-4-28(48)36(22)38-26(46)13-24(40(64)39(38)51)16-54-20-35-55-18-31(52)42(59-35)63-9-12-68-34(21-63)23-5-6-33(29(49)14-23)58-44(66)37-25(41(65)30(50)15-27(37)47)17-57-61-45-56-19-32(53)43(60-45)62-7-10-67-11-8-62/h2-6,13-19,34,64-65H,7-12,20-21H2,1H3,(H,58,66)(H,56,60,61)/b54-16-,57-17-. The highest BCUT2D eigenvalue weighted by atomic mass is 79.9. The normalized spacial score (nSPS) is 15.4. The Morgan fingerprint density at radius 1 is 0.868 bits per heavy atom. The molecule has 0 spiro atoms. The topological polar surface area (TPSA) is 183 Å². The number of carbonyl (C=O) groups is 1. The first-order valence-corrected chi connectivity index (χ1v) is 23.6. The third-order valence-electron chi connectivity index (χ3n) is 10.8. The van der Waals surface area contributed by atoms with Crippen LogP contribution >= 0.6 is 78.3 Å². The van der Waals surface area contributed by atoms with Crippen molar-refractivity contribution in [2.45, 2.75) is 19.6 Å². The van der Waals surface area contributed by atoms with Crippen molar-refractivity contribution >= 4 is 120 Å². The van der Waals surface area contributed by atoms with Crippen LogP contribution in [0.1, 0.15) is 44.5 Å². The van der Waals surface area contributed by atoms with Crippen molar-refractivity contribution in [1.29, 1.82) is 0 Å². The summed E-state index contributed by atoms with van der Waals surface area (Å²) in [5, 5.41) is 29.5. The van der Waals surface area contributed by atoms with E-state index in [0.717, 1.165) is 24.2 Å². The Morgan fingerprint density at radius 2 is 1.60 bits per heavy atom. The van der Waals surface area contributed by atoms with Gasteiger partial charge in [0.05, 0.1) is 76.9 Å². The largest absolute Gasteiger partial charge is 0.506 e. The van der Waals surface area contributed by atoms with Gasteiger partial charge in [-0.1, -0.05) is 80.5 Å². The number of anilines is 4. The molecule has 1 amide bonds. The molecule has 352 valence electrons. The predicted molar refractivity (Wildman–Crippen MR) is 267 cm³/mol. The van der Waals surface area contributed by atoms with Crippen LogP contribution in [0.2, 0.25) is 20.1 Å². The number of aliphatic imine (C=N–C) groups is 1. The summed E-state index contributed by atoms with van der Waals surface area (Å²) in [5.41, 5.74) is 5.81. The molecule has 0 radical (unpaired) electrons. The molecule has 2 fully saturated rings. The Bertz CT molecular complexity index is 2970. The molecule has 4 aromatic carbocycles. The van der Waals surface area contributed by atoms with Gasteiger partial charge in [0, 0.05) is 63.1 Å². The summed E-state index contributed by atoms with van der Waals surface area (Å²) in [6.07, 6.45) is 4.10. The van der Waals surface area contributed by atoms with Crippen LogP contribution in [0.4, 0.5) is 32.1 Å². The van der Waals surface area contributed by atoms with E-state index >= 15 is 4.39 Å². The van der Waals surface area contributed by atoms with Crippen LogP contribution in [0.5, 0.6) is 11.5 Å². The number of ether oxygens (including phenoxy) is 2. The van der Waals surface area contributed by atoms with Crippen molar-refractivity contribution in [1.82, 2.24) is 19.9 Å². The zero-order valence-electron chi connectivity index (χ0n) is 35.4. The molecule has 2 aliphatic heterocycles. The van der Waals surface area contributed by atoms with E-state index in [1.165, 1.54) is 12.3 Å². The summed E-state index contributed by atoms with van der Waals surface area (Å²) in [4.78, 5) is 38.5. The zero-order valence-corrected chi connectivity index (χ0v) is 41.6. The van der Waals surface area contributed by atoms with Gasteiger partial charge in [0.15, 0.2) is 29.1 Å². The van der Waals surface area contributed by atoms with Gasteiger partial charge in [-0.2, -0.15) is 10.1 Å². The molecule has 1 unspecified atom stereocenters. The number of hydrazone groups is 1.